The molecule has 1 aliphatic rings. The fourth-order valence-corrected chi connectivity index (χ4v) is 8.89. The summed E-state index contributed by atoms with van der Waals surface area (Å²) in [6.45, 7) is 0. The molecule has 0 amide bonds. The quantitative estimate of drug-likeness (QED) is 0.137. The van der Waals surface area contributed by atoms with E-state index in [1.165, 1.54) is 92.8 Å². The first-order valence-electron chi connectivity index (χ1n) is 19.5. The molecule has 2 heteroatoms. The number of nitrogens with one attached hydrogen (secondary N) is 2. The maximum atomic E-state index is 3.98. The Morgan fingerprint density at radius 1 is 0.321 bits per heavy atom. The van der Waals surface area contributed by atoms with Crippen molar-refractivity contribution in [3.8, 4) is 22.3 Å². The van der Waals surface area contributed by atoms with E-state index in [1.54, 1.807) is 0 Å². The number of hydrogen-bond donors (Lipinski definition) is 2. The first kappa shape index (κ1) is 32.4. The Morgan fingerprint density at radius 3 is 1.71 bits per heavy atom. The fraction of sp³-hybridized carbons (Fsp3) is 0.0370. The molecule has 0 saturated heterocycles. The minimum atomic E-state index is -0.116. The van der Waals surface area contributed by atoms with Gasteiger partial charge in [-0.15, -0.1) is 0 Å². The van der Waals surface area contributed by atoms with Crippen LogP contribution in [-0.2, 0) is 0 Å². The van der Waals surface area contributed by atoms with E-state index in [-0.39, 0.29) is 12.2 Å². The number of rotatable bonds is 5. The summed E-state index contributed by atoms with van der Waals surface area (Å²) in [5.41, 5.74) is 9.64. The summed E-state index contributed by atoms with van der Waals surface area (Å²) >= 11 is 0. The molecular weight excluding hydrogens is 677 g/mol. The van der Waals surface area contributed by atoms with Crippen LogP contribution in [0.5, 0.6) is 0 Å². The zero-order valence-electron chi connectivity index (χ0n) is 30.8. The SMILES string of the molecule is C1=C(c2ccc3c(ccc4ccccc43)c2)NC(c2ccc(-c3c4ccccc4cc4c3ccc3ccccc34)cc2)NC1c1cccc(-c2ccccc2)c1. The lowest BCUT2D eigenvalue weighted by Gasteiger charge is -2.33. The van der Waals surface area contributed by atoms with Gasteiger partial charge in [-0.2, -0.15) is 0 Å². The third-order valence-electron chi connectivity index (χ3n) is 11.7. The van der Waals surface area contributed by atoms with E-state index in [2.05, 4.69) is 217 Å². The molecule has 0 bridgehead atoms. The predicted molar refractivity (Wildman–Crippen MR) is 237 cm³/mol. The molecule has 1 heterocycles. The Morgan fingerprint density at radius 2 is 0.911 bits per heavy atom. The van der Waals surface area contributed by atoms with Crippen molar-refractivity contribution in [2.75, 3.05) is 0 Å². The largest absolute Gasteiger partial charge is 0.366 e. The molecular formula is C54H38N2. The second-order valence-electron chi connectivity index (χ2n) is 15.0. The van der Waals surface area contributed by atoms with Gasteiger partial charge in [0.1, 0.15) is 6.17 Å². The lowest BCUT2D eigenvalue weighted by atomic mass is 9.89. The molecule has 2 unspecified atom stereocenters. The summed E-state index contributed by atoms with van der Waals surface area (Å²) in [6.07, 6.45) is 2.24. The van der Waals surface area contributed by atoms with Gasteiger partial charge in [-0.05, 0) is 117 Å². The Bertz CT molecular complexity index is 3140. The van der Waals surface area contributed by atoms with E-state index in [0.717, 1.165) is 5.70 Å². The minimum Gasteiger partial charge on any atom is -0.366 e. The van der Waals surface area contributed by atoms with Gasteiger partial charge in [-0.1, -0.05) is 182 Å². The molecule has 2 N–H and O–H groups in total. The molecule has 11 rings (SSSR count). The normalized spacial score (nSPS) is 15.7. The monoisotopic (exact) mass is 714 g/mol. The van der Waals surface area contributed by atoms with Crippen LogP contribution in [-0.4, -0.2) is 0 Å². The third kappa shape index (κ3) is 5.62. The summed E-state index contributed by atoms with van der Waals surface area (Å²) < 4.78 is 0. The smallest absolute Gasteiger partial charge is 0.104 e. The molecule has 0 spiro atoms. The van der Waals surface area contributed by atoms with Crippen molar-refractivity contribution >= 4 is 59.6 Å². The van der Waals surface area contributed by atoms with Crippen LogP contribution in [0.1, 0.15) is 28.9 Å². The van der Waals surface area contributed by atoms with Crippen molar-refractivity contribution in [1.82, 2.24) is 10.6 Å². The number of hydrogen-bond acceptors (Lipinski definition) is 2. The van der Waals surface area contributed by atoms with Crippen LogP contribution in [0.3, 0.4) is 0 Å². The summed E-state index contributed by atoms with van der Waals surface area (Å²) in [4.78, 5) is 0. The average Bonchev–Trinajstić information content (AvgIpc) is 3.28. The molecule has 0 aliphatic carbocycles. The molecule has 2 atom stereocenters. The molecule has 0 radical (unpaired) electrons. The second kappa shape index (κ2) is 13.4. The van der Waals surface area contributed by atoms with E-state index >= 15 is 0 Å². The van der Waals surface area contributed by atoms with E-state index in [9.17, 15) is 0 Å². The minimum absolute atomic E-state index is 0.0119. The van der Waals surface area contributed by atoms with Gasteiger partial charge in [0.2, 0.25) is 0 Å². The first-order valence-corrected chi connectivity index (χ1v) is 19.5. The predicted octanol–water partition coefficient (Wildman–Crippen LogP) is 13.8. The highest BCUT2D eigenvalue weighted by molar-refractivity contribution is 6.20. The molecule has 10 aromatic rings. The molecule has 1 aliphatic heterocycles. The zero-order valence-corrected chi connectivity index (χ0v) is 30.8. The highest BCUT2D eigenvalue weighted by Gasteiger charge is 2.25. The van der Waals surface area contributed by atoms with Crippen molar-refractivity contribution in [2.45, 2.75) is 12.2 Å². The molecule has 10 aromatic carbocycles. The van der Waals surface area contributed by atoms with Crippen molar-refractivity contribution in [3.05, 3.63) is 223 Å². The van der Waals surface area contributed by atoms with Crippen molar-refractivity contribution < 1.29 is 0 Å². The molecule has 56 heavy (non-hydrogen) atoms. The van der Waals surface area contributed by atoms with E-state index in [0.29, 0.717) is 0 Å². The number of fused-ring (bicyclic) bond motifs is 7. The molecule has 2 nitrogen and oxygen atoms in total. The molecule has 0 saturated carbocycles. The highest BCUT2D eigenvalue weighted by Crippen LogP contribution is 2.40. The van der Waals surface area contributed by atoms with Crippen LogP contribution in [0, 0.1) is 0 Å². The Kier molecular flexibility index (Phi) is 7.75. The highest BCUT2D eigenvalue weighted by atomic mass is 15.2. The van der Waals surface area contributed by atoms with Gasteiger partial charge in [0.05, 0.1) is 6.04 Å². The lowest BCUT2D eigenvalue weighted by Crippen LogP contribution is -2.39. The lowest BCUT2D eigenvalue weighted by molar-refractivity contribution is 0.443. The van der Waals surface area contributed by atoms with Crippen LogP contribution < -0.4 is 10.6 Å². The second-order valence-corrected chi connectivity index (χ2v) is 15.0. The van der Waals surface area contributed by atoms with Crippen LogP contribution in [0.4, 0.5) is 0 Å². The summed E-state index contributed by atoms with van der Waals surface area (Å²) in [6, 6.07) is 73.2. The van der Waals surface area contributed by atoms with Gasteiger partial charge in [-0.3, -0.25) is 5.32 Å². The third-order valence-corrected chi connectivity index (χ3v) is 11.7. The van der Waals surface area contributed by atoms with Crippen LogP contribution in [0.15, 0.2) is 206 Å². The van der Waals surface area contributed by atoms with Crippen molar-refractivity contribution in [1.29, 1.82) is 0 Å². The Labute approximate surface area is 326 Å². The van der Waals surface area contributed by atoms with E-state index < -0.39 is 0 Å². The van der Waals surface area contributed by atoms with E-state index in [1.807, 2.05) is 0 Å². The maximum Gasteiger partial charge on any atom is 0.104 e. The summed E-state index contributed by atoms with van der Waals surface area (Å²) in [5.74, 6) is 0. The van der Waals surface area contributed by atoms with Gasteiger partial charge >= 0.3 is 0 Å². The first-order chi connectivity index (χ1) is 27.7. The summed E-state index contributed by atoms with van der Waals surface area (Å²) in [7, 11) is 0. The zero-order chi connectivity index (χ0) is 37.0. The van der Waals surface area contributed by atoms with Crippen molar-refractivity contribution in [2.24, 2.45) is 0 Å². The average molecular weight is 715 g/mol. The Balaban J connectivity index is 1.01. The van der Waals surface area contributed by atoms with Gasteiger partial charge in [-0.25, -0.2) is 0 Å². The van der Waals surface area contributed by atoms with Gasteiger partial charge < -0.3 is 5.32 Å². The number of benzene rings is 10. The molecule has 264 valence electrons. The summed E-state index contributed by atoms with van der Waals surface area (Å²) in [5, 5.41) is 20.6. The van der Waals surface area contributed by atoms with Crippen LogP contribution >= 0.6 is 0 Å². The topological polar surface area (TPSA) is 24.1 Å². The van der Waals surface area contributed by atoms with Gasteiger partial charge in [0.15, 0.2) is 0 Å². The molecule has 0 fully saturated rings. The fourth-order valence-electron chi connectivity index (χ4n) is 8.89. The maximum absolute atomic E-state index is 3.98. The van der Waals surface area contributed by atoms with Crippen LogP contribution in [0.2, 0.25) is 0 Å². The van der Waals surface area contributed by atoms with Crippen molar-refractivity contribution in [3.63, 3.8) is 0 Å². The van der Waals surface area contributed by atoms with Gasteiger partial charge in [0.25, 0.3) is 0 Å². The standard InChI is InChI=1S/C54H38N2/c1-2-11-35(12-3-1)40-16-10-17-43(31-40)51-34-52(44-28-29-47-42(32-44)26-21-36-13-4-7-18-45(36)47)56-54(55-51)39-24-22-38(23-25-39)53-48-20-9-6-15-41(48)33-50-46-19-8-5-14-37(46)27-30-49(50)53/h1-34,51,54-56H. The Hall–Kier alpha value is -7.00. The molecule has 0 aromatic heterocycles. The van der Waals surface area contributed by atoms with Crippen LogP contribution in [0.25, 0.3) is 81.8 Å². The van der Waals surface area contributed by atoms with Gasteiger partial charge in [0, 0.05) is 5.70 Å². The van der Waals surface area contributed by atoms with E-state index in [4.69, 9.17) is 0 Å².